The molecular weight excluding hydrogens is 243 g/mol. The van der Waals surface area contributed by atoms with E-state index in [0.29, 0.717) is 12.4 Å². The molecule has 2 aromatic rings. The molecule has 2 rings (SSSR count). The number of halogens is 1. The molecule has 0 fully saturated rings. The van der Waals surface area contributed by atoms with Gasteiger partial charge < -0.3 is 9.84 Å². The summed E-state index contributed by atoms with van der Waals surface area (Å²) in [6, 6.07) is 11.9. The fourth-order valence-corrected chi connectivity index (χ4v) is 1.87. The molecule has 0 radical (unpaired) electrons. The first-order valence-electron chi connectivity index (χ1n) is 6.22. The second-order valence-electron chi connectivity index (χ2n) is 4.63. The molecule has 0 saturated carbocycles. The lowest BCUT2D eigenvalue weighted by atomic mass is 10.1. The average Bonchev–Trinajstić information content (AvgIpc) is 2.39. The summed E-state index contributed by atoms with van der Waals surface area (Å²) in [4.78, 5) is 0. The van der Waals surface area contributed by atoms with Crippen LogP contribution in [0.15, 0.2) is 42.5 Å². The molecule has 0 spiro atoms. The van der Waals surface area contributed by atoms with Crippen LogP contribution in [0.1, 0.15) is 29.7 Å². The summed E-state index contributed by atoms with van der Waals surface area (Å²) in [6.07, 6.45) is -0.580. The standard InChI is InChI=1S/C16H17FO2/c1-11-3-8-16(15(9-11)12(2)18)19-10-13-4-6-14(17)7-5-13/h3-9,12,18H,10H2,1-2H3. The summed E-state index contributed by atoms with van der Waals surface area (Å²) in [5, 5.41) is 9.73. The van der Waals surface area contributed by atoms with Crippen LogP contribution in [0.4, 0.5) is 4.39 Å². The molecule has 0 aliphatic rings. The summed E-state index contributed by atoms with van der Waals surface area (Å²) in [6.45, 7) is 4.03. The number of aliphatic hydroxyl groups excluding tert-OH is 1. The molecule has 0 saturated heterocycles. The normalized spacial score (nSPS) is 12.2. The van der Waals surface area contributed by atoms with Crippen LogP contribution < -0.4 is 4.74 Å². The van der Waals surface area contributed by atoms with Crippen LogP contribution in [0.5, 0.6) is 5.75 Å². The fourth-order valence-electron chi connectivity index (χ4n) is 1.87. The monoisotopic (exact) mass is 260 g/mol. The van der Waals surface area contributed by atoms with Crippen LogP contribution in [0.3, 0.4) is 0 Å². The van der Waals surface area contributed by atoms with Gasteiger partial charge in [0, 0.05) is 5.56 Å². The highest BCUT2D eigenvalue weighted by molar-refractivity contribution is 5.38. The number of hydrogen-bond acceptors (Lipinski definition) is 2. The molecule has 19 heavy (non-hydrogen) atoms. The lowest BCUT2D eigenvalue weighted by Gasteiger charge is -2.14. The van der Waals surface area contributed by atoms with Gasteiger partial charge >= 0.3 is 0 Å². The molecule has 1 atom stereocenters. The molecule has 0 bridgehead atoms. The lowest BCUT2D eigenvalue weighted by molar-refractivity contribution is 0.190. The van der Waals surface area contributed by atoms with Gasteiger partial charge in [-0.3, -0.25) is 0 Å². The van der Waals surface area contributed by atoms with Crippen LogP contribution in [-0.4, -0.2) is 5.11 Å². The van der Waals surface area contributed by atoms with Crippen LogP contribution >= 0.6 is 0 Å². The predicted octanol–water partition coefficient (Wildman–Crippen LogP) is 3.77. The topological polar surface area (TPSA) is 29.5 Å². The Hall–Kier alpha value is -1.87. The quantitative estimate of drug-likeness (QED) is 0.906. The zero-order chi connectivity index (χ0) is 13.8. The lowest BCUT2D eigenvalue weighted by Crippen LogP contribution is -2.01. The number of aliphatic hydroxyl groups is 1. The SMILES string of the molecule is Cc1ccc(OCc2ccc(F)cc2)c(C(C)O)c1. The van der Waals surface area contributed by atoms with Crippen molar-refractivity contribution in [3.8, 4) is 5.75 Å². The van der Waals surface area contributed by atoms with Gasteiger partial charge in [0.2, 0.25) is 0 Å². The van der Waals surface area contributed by atoms with Crippen LogP contribution in [0.2, 0.25) is 0 Å². The molecule has 0 aliphatic heterocycles. The molecule has 0 aliphatic carbocycles. The minimum Gasteiger partial charge on any atom is -0.489 e. The van der Waals surface area contributed by atoms with E-state index in [9.17, 15) is 9.50 Å². The van der Waals surface area contributed by atoms with Crippen molar-refractivity contribution in [3.05, 3.63) is 65.0 Å². The van der Waals surface area contributed by atoms with Gasteiger partial charge in [-0.15, -0.1) is 0 Å². The van der Waals surface area contributed by atoms with E-state index in [0.717, 1.165) is 16.7 Å². The van der Waals surface area contributed by atoms with E-state index in [1.54, 1.807) is 19.1 Å². The Bertz CT molecular complexity index is 547. The first-order chi connectivity index (χ1) is 9.06. The maximum Gasteiger partial charge on any atom is 0.125 e. The Morgan fingerprint density at radius 2 is 1.84 bits per heavy atom. The first kappa shape index (κ1) is 13.6. The van der Waals surface area contributed by atoms with E-state index in [1.807, 2.05) is 25.1 Å². The molecule has 2 aromatic carbocycles. The molecule has 2 nitrogen and oxygen atoms in total. The van der Waals surface area contributed by atoms with Gasteiger partial charge in [0.15, 0.2) is 0 Å². The highest BCUT2D eigenvalue weighted by Crippen LogP contribution is 2.26. The maximum atomic E-state index is 12.8. The molecule has 0 heterocycles. The predicted molar refractivity (Wildman–Crippen MR) is 72.5 cm³/mol. The van der Waals surface area contributed by atoms with Crippen LogP contribution in [0, 0.1) is 12.7 Å². The van der Waals surface area contributed by atoms with E-state index in [2.05, 4.69) is 0 Å². The Balaban J connectivity index is 2.13. The number of aryl methyl sites for hydroxylation is 1. The summed E-state index contributed by atoms with van der Waals surface area (Å²) in [5.74, 6) is 0.397. The number of hydrogen-bond donors (Lipinski definition) is 1. The van der Waals surface area contributed by atoms with E-state index in [4.69, 9.17) is 4.74 Å². The summed E-state index contributed by atoms with van der Waals surface area (Å²) in [5.41, 5.74) is 2.73. The first-order valence-corrected chi connectivity index (χ1v) is 6.22. The molecular formula is C16H17FO2. The highest BCUT2D eigenvalue weighted by Gasteiger charge is 2.09. The summed E-state index contributed by atoms with van der Waals surface area (Å²) in [7, 11) is 0. The molecule has 100 valence electrons. The van der Waals surface area contributed by atoms with Gasteiger partial charge in [0.05, 0.1) is 6.10 Å². The fraction of sp³-hybridized carbons (Fsp3) is 0.250. The smallest absolute Gasteiger partial charge is 0.125 e. The van der Waals surface area contributed by atoms with Crippen molar-refractivity contribution < 1.29 is 14.2 Å². The van der Waals surface area contributed by atoms with Crippen molar-refractivity contribution >= 4 is 0 Å². The third kappa shape index (κ3) is 3.55. The van der Waals surface area contributed by atoms with Gasteiger partial charge in [-0.25, -0.2) is 4.39 Å². The molecule has 0 aromatic heterocycles. The van der Waals surface area contributed by atoms with Gasteiger partial charge in [0.25, 0.3) is 0 Å². The second kappa shape index (κ2) is 5.85. The minimum absolute atomic E-state index is 0.260. The number of rotatable bonds is 4. The highest BCUT2D eigenvalue weighted by atomic mass is 19.1. The number of benzene rings is 2. The molecule has 1 unspecified atom stereocenters. The summed E-state index contributed by atoms with van der Waals surface area (Å²) >= 11 is 0. The largest absolute Gasteiger partial charge is 0.489 e. The van der Waals surface area contributed by atoms with E-state index in [1.165, 1.54) is 12.1 Å². The zero-order valence-corrected chi connectivity index (χ0v) is 11.1. The van der Waals surface area contributed by atoms with E-state index < -0.39 is 6.10 Å². The van der Waals surface area contributed by atoms with E-state index >= 15 is 0 Å². The minimum atomic E-state index is -0.580. The molecule has 3 heteroatoms. The van der Waals surface area contributed by atoms with E-state index in [-0.39, 0.29) is 5.82 Å². The van der Waals surface area contributed by atoms with Crippen LogP contribution in [-0.2, 0) is 6.61 Å². The van der Waals surface area contributed by atoms with Gasteiger partial charge in [-0.2, -0.15) is 0 Å². The van der Waals surface area contributed by atoms with Crippen molar-refractivity contribution in [2.24, 2.45) is 0 Å². The van der Waals surface area contributed by atoms with Crippen molar-refractivity contribution in [3.63, 3.8) is 0 Å². The maximum absolute atomic E-state index is 12.8. The summed E-state index contributed by atoms with van der Waals surface area (Å²) < 4.78 is 18.5. The Labute approximate surface area is 112 Å². The van der Waals surface area contributed by atoms with Gasteiger partial charge in [0.1, 0.15) is 18.2 Å². The van der Waals surface area contributed by atoms with Crippen molar-refractivity contribution in [2.45, 2.75) is 26.6 Å². The van der Waals surface area contributed by atoms with Crippen molar-refractivity contribution in [1.82, 2.24) is 0 Å². The number of ether oxygens (including phenoxy) is 1. The molecule has 1 N–H and O–H groups in total. The zero-order valence-electron chi connectivity index (χ0n) is 11.1. The van der Waals surface area contributed by atoms with Gasteiger partial charge in [-0.05, 0) is 43.7 Å². The third-order valence-electron chi connectivity index (χ3n) is 2.92. The Morgan fingerprint density at radius 3 is 2.47 bits per heavy atom. The Kier molecular flexibility index (Phi) is 4.17. The average molecular weight is 260 g/mol. The Morgan fingerprint density at radius 1 is 1.16 bits per heavy atom. The van der Waals surface area contributed by atoms with Crippen molar-refractivity contribution in [1.29, 1.82) is 0 Å². The second-order valence-corrected chi connectivity index (χ2v) is 4.63. The molecule has 0 amide bonds. The van der Waals surface area contributed by atoms with Crippen molar-refractivity contribution in [2.75, 3.05) is 0 Å². The third-order valence-corrected chi connectivity index (χ3v) is 2.92. The van der Waals surface area contributed by atoms with Crippen LogP contribution in [0.25, 0.3) is 0 Å². The van der Waals surface area contributed by atoms with Gasteiger partial charge in [-0.1, -0.05) is 23.8 Å².